The van der Waals surface area contributed by atoms with Crippen LogP contribution in [0.5, 0.6) is 0 Å². The maximum Gasteiger partial charge on any atom is 0.141 e. The van der Waals surface area contributed by atoms with E-state index in [1.807, 2.05) is 30.3 Å². The Morgan fingerprint density at radius 2 is 1.80 bits per heavy atom. The molecule has 1 aromatic carbocycles. The summed E-state index contributed by atoms with van der Waals surface area (Å²) in [5.41, 5.74) is 0.904. The topological polar surface area (TPSA) is 34.1 Å². The molecule has 15 heavy (non-hydrogen) atoms. The lowest BCUT2D eigenvalue weighted by Crippen LogP contribution is -2.14. The number of carbonyl (C=O) groups is 1. The van der Waals surface area contributed by atoms with Crippen molar-refractivity contribution >= 4 is 20.7 Å². The Labute approximate surface area is 91.3 Å². The summed E-state index contributed by atoms with van der Waals surface area (Å²) < 4.78 is 11.7. The van der Waals surface area contributed by atoms with Crippen LogP contribution in [0.2, 0.25) is 0 Å². The summed E-state index contributed by atoms with van der Waals surface area (Å²) in [5, 5.41) is 1.64. The van der Waals surface area contributed by atoms with E-state index in [9.17, 15) is 9.00 Å². The first kappa shape index (κ1) is 12.0. The Morgan fingerprint density at radius 1 is 1.27 bits per heavy atom. The largest absolute Gasteiger partial charge is 0.299 e. The third-order valence-corrected chi connectivity index (χ3v) is 2.99. The standard InChI is InChI=1S/C12H16O2S/c1-10(13)12(9-15(2,3)14)11-7-5-4-6-8-11/h4-9,12H,1-3H3. The molecule has 1 rings (SSSR count). The zero-order chi connectivity index (χ0) is 11.5. The molecule has 0 aromatic heterocycles. The normalized spacial score (nSPS) is 13.3. The first-order chi connectivity index (χ1) is 6.90. The van der Waals surface area contributed by atoms with Crippen molar-refractivity contribution in [2.75, 3.05) is 12.5 Å². The fraction of sp³-hybridized carbons (Fsp3) is 0.333. The van der Waals surface area contributed by atoms with E-state index in [2.05, 4.69) is 0 Å². The average molecular weight is 224 g/mol. The summed E-state index contributed by atoms with van der Waals surface area (Å²) >= 11 is 0. The lowest BCUT2D eigenvalue weighted by atomic mass is 9.98. The highest BCUT2D eigenvalue weighted by Gasteiger charge is 2.14. The van der Waals surface area contributed by atoms with Gasteiger partial charge >= 0.3 is 0 Å². The van der Waals surface area contributed by atoms with E-state index in [0.29, 0.717) is 0 Å². The second-order valence-corrected chi connectivity index (χ2v) is 6.83. The molecule has 1 atom stereocenters. The van der Waals surface area contributed by atoms with Crippen LogP contribution in [0, 0.1) is 0 Å². The summed E-state index contributed by atoms with van der Waals surface area (Å²) in [7, 11) is -2.01. The third kappa shape index (κ3) is 3.88. The Bertz CT molecular complexity index is 446. The van der Waals surface area contributed by atoms with E-state index in [1.54, 1.807) is 17.9 Å². The monoisotopic (exact) mass is 224 g/mol. The van der Waals surface area contributed by atoms with E-state index in [1.165, 1.54) is 6.92 Å². The van der Waals surface area contributed by atoms with Gasteiger partial charge in [0.2, 0.25) is 0 Å². The first-order valence-electron chi connectivity index (χ1n) is 4.74. The van der Waals surface area contributed by atoms with Gasteiger partial charge in [0.15, 0.2) is 0 Å². The first-order valence-corrected chi connectivity index (χ1v) is 7.18. The number of ketones is 1. The van der Waals surface area contributed by atoms with Crippen LogP contribution in [0.4, 0.5) is 0 Å². The van der Waals surface area contributed by atoms with Gasteiger partial charge in [-0.3, -0.25) is 9.00 Å². The summed E-state index contributed by atoms with van der Waals surface area (Å²) in [6.07, 6.45) is 3.29. The van der Waals surface area contributed by atoms with Crippen LogP contribution in [0.15, 0.2) is 30.3 Å². The summed E-state index contributed by atoms with van der Waals surface area (Å²) in [6.45, 7) is 1.53. The fourth-order valence-electron chi connectivity index (χ4n) is 1.40. The molecule has 0 spiro atoms. The Hall–Kier alpha value is -1.09. The SMILES string of the molecule is CC(=O)C(C=S(C)(C)=O)c1ccccc1. The second kappa shape index (κ2) is 4.62. The molecule has 0 amide bonds. The van der Waals surface area contributed by atoms with Gasteiger partial charge in [-0.1, -0.05) is 30.3 Å². The van der Waals surface area contributed by atoms with Gasteiger partial charge in [0.05, 0.1) is 5.92 Å². The third-order valence-electron chi connectivity index (χ3n) is 2.06. The van der Waals surface area contributed by atoms with Gasteiger partial charge in [-0.2, -0.15) is 0 Å². The second-order valence-electron chi connectivity index (χ2n) is 3.94. The molecule has 0 saturated carbocycles. The molecule has 0 fully saturated rings. The molecule has 0 saturated heterocycles. The lowest BCUT2D eigenvalue weighted by Gasteiger charge is -2.10. The molecular weight excluding hydrogens is 208 g/mol. The van der Waals surface area contributed by atoms with Gasteiger partial charge < -0.3 is 0 Å². The van der Waals surface area contributed by atoms with Crippen LogP contribution in [-0.4, -0.2) is 27.9 Å². The number of carbonyl (C=O) groups excluding carboxylic acids is 1. The fourth-order valence-corrected chi connectivity index (χ4v) is 2.40. The summed E-state index contributed by atoms with van der Waals surface area (Å²) in [6, 6.07) is 9.43. The molecule has 82 valence electrons. The highest BCUT2D eigenvalue weighted by molar-refractivity contribution is 8.00. The van der Waals surface area contributed by atoms with E-state index < -0.39 is 9.52 Å². The molecule has 3 heteroatoms. The molecular formula is C12H16O2S. The van der Waals surface area contributed by atoms with Crippen LogP contribution >= 0.6 is 0 Å². The van der Waals surface area contributed by atoms with Gasteiger partial charge in [-0.05, 0) is 27.4 Å². The molecule has 1 aromatic rings. The minimum atomic E-state index is -2.01. The molecule has 0 aliphatic rings. The van der Waals surface area contributed by atoms with Crippen LogP contribution in [0.3, 0.4) is 0 Å². The van der Waals surface area contributed by atoms with E-state index in [0.717, 1.165) is 5.56 Å². The van der Waals surface area contributed by atoms with Crippen molar-refractivity contribution in [2.45, 2.75) is 12.8 Å². The maximum atomic E-state index is 11.7. The van der Waals surface area contributed by atoms with Gasteiger partial charge in [0.25, 0.3) is 0 Å². The molecule has 0 N–H and O–H groups in total. The van der Waals surface area contributed by atoms with Crippen molar-refractivity contribution in [2.24, 2.45) is 0 Å². The summed E-state index contributed by atoms with van der Waals surface area (Å²) in [4.78, 5) is 11.5. The van der Waals surface area contributed by atoms with Crippen LogP contribution in [0.1, 0.15) is 18.4 Å². The molecule has 0 bridgehead atoms. The van der Waals surface area contributed by atoms with Crippen molar-refractivity contribution in [3.8, 4) is 0 Å². The number of Topliss-reactive ketones (excluding diaryl/α,β-unsaturated/α-hetero) is 1. The molecule has 0 aliphatic heterocycles. The smallest absolute Gasteiger partial charge is 0.141 e. The van der Waals surface area contributed by atoms with E-state index >= 15 is 0 Å². The highest BCUT2D eigenvalue weighted by Crippen LogP contribution is 2.14. The van der Waals surface area contributed by atoms with E-state index in [-0.39, 0.29) is 11.7 Å². The molecule has 1 unspecified atom stereocenters. The van der Waals surface area contributed by atoms with Crippen molar-refractivity contribution in [1.29, 1.82) is 0 Å². The lowest BCUT2D eigenvalue weighted by molar-refractivity contribution is -0.116. The van der Waals surface area contributed by atoms with Gasteiger partial charge in [-0.15, -0.1) is 0 Å². The zero-order valence-electron chi connectivity index (χ0n) is 9.27. The maximum absolute atomic E-state index is 11.7. The molecule has 0 radical (unpaired) electrons. The summed E-state index contributed by atoms with van der Waals surface area (Å²) in [5.74, 6) is -0.327. The minimum Gasteiger partial charge on any atom is -0.299 e. The Morgan fingerprint density at radius 3 is 2.20 bits per heavy atom. The van der Waals surface area contributed by atoms with Crippen LogP contribution in [0.25, 0.3) is 0 Å². The van der Waals surface area contributed by atoms with E-state index in [4.69, 9.17) is 0 Å². The Balaban J connectivity index is 3.17. The van der Waals surface area contributed by atoms with Gasteiger partial charge in [-0.25, -0.2) is 0 Å². The molecule has 0 heterocycles. The number of hydrogen-bond acceptors (Lipinski definition) is 2. The Kier molecular flexibility index (Phi) is 3.69. The van der Waals surface area contributed by atoms with Gasteiger partial charge in [0, 0.05) is 12.5 Å². The molecule has 0 aliphatic carbocycles. The van der Waals surface area contributed by atoms with Crippen LogP contribution in [-0.2, 0) is 14.3 Å². The predicted molar refractivity (Wildman–Crippen MR) is 65.9 cm³/mol. The predicted octanol–water partition coefficient (Wildman–Crippen LogP) is 1.71. The van der Waals surface area contributed by atoms with Crippen molar-refractivity contribution in [3.63, 3.8) is 0 Å². The quantitative estimate of drug-likeness (QED) is 0.732. The number of rotatable bonds is 3. The van der Waals surface area contributed by atoms with Crippen molar-refractivity contribution in [3.05, 3.63) is 35.9 Å². The van der Waals surface area contributed by atoms with Gasteiger partial charge in [0.1, 0.15) is 5.78 Å². The highest BCUT2D eigenvalue weighted by atomic mass is 32.2. The zero-order valence-corrected chi connectivity index (χ0v) is 10.1. The van der Waals surface area contributed by atoms with Crippen molar-refractivity contribution in [1.82, 2.24) is 0 Å². The van der Waals surface area contributed by atoms with Crippen LogP contribution < -0.4 is 0 Å². The molecule has 2 nitrogen and oxygen atoms in total. The van der Waals surface area contributed by atoms with Crippen molar-refractivity contribution < 1.29 is 9.00 Å². The number of hydrogen-bond donors (Lipinski definition) is 0. The average Bonchev–Trinajstić information content (AvgIpc) is 2.14. The minimum absolute atomic E-state index is 0.0256. The number of benzene rings is 1.